The SMILES string of the molecule is COc1cccc(CN2CCN(c3nccc(C(F)(F)F)n3)CC2=O)c1. The molecule has 0 N–H and O–H groups in total. The molecule has 0 radical (unpaired) electrons. The minimum absolute atomic E-state index is 0.0642. The molecule has 1 fully saturated rings. The first-order chi connectivity index (χ1) is 12.4. The van der Waals surface area contributed by atoms with Gasteiger partial charge in [0.15, 0.2) is 0 Å². The zero-order chi connectivity index (χ0) is 18.7. The lowest BCUT2D eigenvalue weighted by atomic mass is 10.2. The van der Waals surface area contributed by atoms with Crippen LogP contribution in [0.5, 0.6) is 5.75 Å². The van der Waals surface area contributed by atoms with E-state index in [4.69, 9.17) is 4.74 Å². The van der Waals surface area contributed by atoms with E-state index in [0.717, 1.165) is 17.8 Å². The molecule has 1 saturated heterocycles. The average molecular weight is 366 g/mol. The van der Waals surface area contributed by atoms with Crippen LogP contribution in [0.2, 0.25) is 0 Å². The van der Waals surface area contributed by atoms with Gasteiger partial charge in [-0.15, -0.1) is 0 Å². The fourth-order valence-corrected chi connectivity index (χ4v) is 2.70. The highest BCUT2D eigenvalue weighted by molar-refractivity contribution is 5.82. The second-order valence-corrected chi connectivity index (χ2v) is 5.83. The maximum atomic E-state index is 12.8. The van der Waals surface area contributed by atoms with Crippen LogP contribution < -0.4 is 9.64 Å². The number of alkyl halides is 3. The second kappa shape index (κ2) is 7.19. The van der Waals surface area contributed by atoms with Crippen molar-refractivity contribution in [3.63, 3.8) is 0 Å². The zero-order valence-corrected chi connectivity index (χ0v) is 14.0. The number of hydrogen-bond donors (Lipinski definition) is 0. The van der Waals surface area contributed by atoms with E-state index in [-0.39, 0.29) is 18.4 Å². The molecule has 1 aromatic carbocycles. The number of halogens is 3. The Kier molecular flexibility index (Phi) is 4.97. The molecule has 0 atom stereocenters. The molecule has 3 rings (SSSR count). The highest BCUT2D eigenvalue weighted by Gasteiger charge is 2.34. The summed E-state index contributed by atoms with van der Waals surface area (Å²) >= 11 is 0. The van der Waals surface area contributed by atoms with Crippen LogP contribution in [-0.2, 0) is 17.5 Å². The Labute approximate surface area is 148 Å². The number of piperazine rings is 1. The number of methoxy groups -OCH3 is 1. The van der Waals surface area contributed by atoms with Crippen molar-refractivity contribution in [2.45, 2.75) is 12.7 Å². The minimum Gasteiger partial charge on any atom is -0.497 e. The maximum absolute atomic E-state index is 12.8. The van der Waals surface area contributed by atoms with Gasteiger partial charge in [0.2, 0.25) is 11.9 Å². The molecular formula is C17H17F3N4O2. The van der Waals surface area contributed by atoms with Gasteiger partial charge in [-0.25, -0.2) is 9.97 Å². The van der Waals surface area contributed by atoms with Crippen molar-refractivity contribution in [3.05, 3.63) is 47.8 Å². The summed E-state index contributed by atoms with van der Waals surface area (Å²) in [5, 5.41) is 0. The van der Waals surface area contributed by atoms with E-state index in [1.54, 1.807) is 12.0 Å². The summed E-state index contributed by atoms with van der Waals surface area (Å²) in [6.07, 6.45) is -3.49. The largest absolute Gasteiger partial charge is 0.497 e. The van der Waals surface area contributed by atoms with Crippen LogP contribution in [0.4, 0.5) is 19.1 Å². The monoisotopic (exact) mass is 366 g/mol. The number of nitrogens with zero attached hydrogens (tertiary/aromatic N) is 4. The van der Waals surface area contributed by atoms with Gasteiger partial charge in [-0.05, 0) is 23.8 Å². The van der Waals surface area contributed by atoms with Crippen LogP contribution in [0.15, 0.2) is 36.5 Å². The average Bonchev–Trinajstić information content (AvgIpc) is 2.63. The van der Waals surface area contributed by atoms with Gasteiger partial charge < -0.3 is 14.5 Å². The van der Waals surface area contributed by atoms with Gasteiger partial charge >= 0.3 is 6.18 Å². The van der Waals surface area contributed by atoms with Gasteiger partial charge in [0.05, 0.1) is 7.11 Å². The van der Waals surface area contributed by atoms with Crippen LogP contribution >= 0.6 is 0 Å². The van der Waals surface area contributed by atoms with Crippen molar-refractivity contribution in [3.8, 4) is 5.75 Å². The molecule has 9 heteroatoms. The fraction of sp³-hybridized carbons (Fsp3) is 0.353. The lowest BCUT2D eigenvalue weighted by molar-refractivity contribution is -0.141. The van der Waals surface area contributed by atoms with Gasteiger partial charge in [0.1, 0.15) is 18.0 Å². The summed E-state index contributed by atoms with van der Waals surface area (Å²) in [6, 6.07) is 8.19. The molecule has 138 valence electrons. The molecule has 6 nitrogen and oxygen atoms in total. The third kappa shape index (κ3) is 4.04. The van der Waals surface area contributed by atoms with Crippen molar-refractivity contribution >= 4 is 11.9 Å². The predicted molar refractivity (Wildman–Crippen MR) is 87.7 cm³/mol. The summed E-state index contributed by atoms with van der Waals surface area (Å²) in [6.45, 7) is 1.07. The van der Waals surface area contributed by atoms with E-state index >= 15 is 0 Å². The number of amides is 1. The van der Waals surface area contributed by atoms with Crippen molar-refractivity contribution in [1.29, 1.82) is 0 Å². The molecule has 1 aromatic heterocycles. The van der Waals surface area contributed by atoms with E-state index in [0.29, 0.717) is 25.4 Å². The second-order valence-electron chi connectivity index (χ2n) is 5.83. The number of ether oxygens (including phenoxy) is 1. The smallest absolute Gasteiger partial charge is 0.433 e. The molecule has 1 aliphatic rings. The van der Waals surface area contributed by atoms with E-state index in [1.807, 2.05) is 24.3 Å². The Morgan fingerprint density at radius 2 is 2.04 bits per heavy atom. The first-order valence-corrected chi connectivity index (χ1v) is 7.93. The summed E-state index contributed by atoms with van der Waals surface area (Å²) in [7, 11) is 1.57. The van der Waals surface area contributed by atoms with E-state index < -0.39 is 11.9 Å². The Morgan fingerprint density at radius 3 is 2.73 bits per heavy atom. The maximum Gasteiger partial charge on any atom is 0.433 e. The molecule has 0 aliphatic carbocycles. The molecule has 2 heterocycles. The molecule has 1 aliphatic heterocycles. The molecule has 26 heavy (non-hydrogen) atoms. The summed E-state index contributed by atoms with van der Waals surface area (Å²) in [4.78, 5) is 22.9. The lowest BCUT2D eigenvalue weighted by Gasteiger charge is -2.34. The van der Waals surface area contributed by atoms with Crippen molar-refractivity contribution < 1.29 is 22.7 Å². The highest BCUT2D eigenvalue weighted by atomic mass is 19.4. The number of hydrogen-bond acceptors (Lipinski definition) is 5. The first-order valence-electron chi connectivity index (χ1n) is 7.93. The van der Waals surface area contributed by atoms with Gasteiger partial charge in [-0.3, -0.25) is 4.79 Å². The quantitative estimate of drug-likeness (QED) is 0.831. The molecular weight excluding hydrogens is 349 g/mol. The van der Waals surface area contributed by atoms with Crippen LogP contribution in [0, 0.1) is 0 Å². The number of carbonyl (C=O) groups is 1. The summed E-state index contributed by atoms with van der Waals surface area (Å²) in [5.41, 5.74) is -0.102. The lowest BCUT2D eigenvalue weighted by Crippen LogP contribution is -2.50. The Hall–Kier alpha value is -2.84. The number of aromatic nitrogens is 2. The summed E-state index contributed by atoms with van der Waals surface area (Å²) < 4.78 is 43.5. The van der Waals surface area contributed by atoms with Crippen LogP contribution in [0.25, 0.3) is 0 Å². The van der Waals surface area contributed by atoms with Crippen molar-refractivity contribution in [2.24, 2.45) is 0 Å². The number of anilines is 1. The van der Waals surface area contributed by atoms with Crippen LogP contribution in [-0.4, -0.2) is 47.5 Å². The summed E-state index contributed by atoms with van der Waals surface area (Å²) in [5.74, 6) is 0.417. The van der Waals surface area contributed by atoms with Gasteiger partial charge in [0, 0.05) is 25.8 Å². The van der Waals surface area contributed by atoms with Crippen LogP contribution in [0.1, 0.15) is 11.3 Å². The predicted octanol–water partition coefficient (Wildman–Crippen LogP) is 2.35. The third-order valence-electron chi connectivity index (χ3n) is 4.04. The molecule has 1 amide bonds. The molecule has 0 unspecified atom stereocenters. The van der Waals surface area contributed by atoms with Gasteiger partial charge in [-0.2, -0.15) is 13.2 Å². The topological polar surface area (TPSA) is 58.6 Å². The normalized spacial score (nSPS) is 15.3. The van der Waals surface area contributed by atoms with Crippen LogP contribution in [0.3, 0.4) is 0 Å². The van der Waals surface area contributed by atoms with Gasteiger partial charge in [0.25, 0.3) is 0 Å². The Balaban J connectivity index is 1.68. The van der Waals surface area contributed by atoms with E-state index in [1.165, 1.54) is 4.90 Å². The molecule has 0 spiro atoms. The van der Waals surface area contributed by atoms with Gasteiger partial charge in [-0.1, -0.05) is 12.1 Å². The third-order valence-corrected chi connectivity index (χ3v) is 4.04. The van der Waals surface area contributed by atoms with Crippen molar-refractivity contribution in [2.75, 3.05) is 31.6 Å². The van der Waals surface area contributed by atoms with E-state index in [9.17, 15) is 18.0 Å². The number of carbonyl (C=O) groups excluding carboxylic acids is 1. The molecule has 0 saturated carbocycles. The number of rotatable bonds is 4. The Bertz CT molecular complexity index is 798. The fourth-order valence-electron chi connectivity index (χ4n) is 2.70. The number of benzene rings is 1. The first kappa shape index (κ1) is 18.0. The molecule has 2 aromatic rings. The molecule has 0 bridgehead atoms. The minimum atomic E-state index is -4.55. The highest BCUT2D eigenvalue weighted by Crippen LogP contribution is 2.28. The Morgan fingerprint density at radius 1 is 1.23 bits per heavy atom. The van der Waals surface area contributed by atoms with E-state index in [2.05, 4.69) is 9.97 Å². The van der Waals surface area contributed by atoms with Crippen molar-refractivity contribution in [1.82, 2.24) is 14.9 Å². The standard InChI is InChI=1S/C17H17F3N4O2/c1-26-13-4-2-3-12(9-13)10-23-7-8-24(11-15(23)25)16-21-6-5-14(22-16)17(18,19)20/h2-6,9H,7-8,10-11H2,1H3. The zero-order valence-electron chi connectivity index (χ0n) is 14.0.